The Morgan fingerprint density at radius 1 is 0.392 bits per heavy atom. The smallest absolute Gasteiger partial charge is 0.411 e. The number of esters is 2. The van der Waals surface area contributed by atoms with Gasteiger partial charge in [-0.1, -0.05) is 24.3 Å². The molecule has 2 unspecified atom stereocenters. The lowest BCUT2D eigenvalue weighted by Crippen LogP contribution is -2.57. The van der Waals surface area contributed by atoms with Crippen molar-refractivity contribution in [3.05, 3.63) is 119 Å². The molecule has 4 aromatic carbocycles. The quantitative estimate of drug-likeness (QED) is 0.00863. The Morgan fingerprint density at radius 2 is 0.696 bits per heavy atom. The van der Waals surface area contributed by atoms with Crippen LogP contribution in [0.1, 0.15) is 57.5 Å². The number of hydrogen-bond acceptors (Lipinski definition) is 24. The summed E-state index contributed by atoms with van der Waals surface area (Å²) in [5, 5.41) is 86.0. The molecule has 0 aliphatic rings. The number of ether oxygens (including phenoxy) is 8. The number of benzene rings is 4. The topological polar surface area (TPSA) is 613 Å². The third-order valence-electron chi connectivity index (χ3n) is 13.2. The molecule has 0 saturated carbocycles. The molecule has 0 radical (unpaired) electrons. The zero-order valence-corrected chi connectivity index (χ0v) is 54.0. The number of aliphatic carboxylic acids is 6. The average molecular weight is 1440 g/mol. The summed E-state index contributed by atoms with van der Waals surface area (Å²) in [5.74, 6) is -17.0. The Balaban J connectivity index is 1.14. The molecule has 0 aliphatic carbocycles. The van der Waals surface area contributed by atoms with Gasteiger partial charge in [0, 0.05) is 24.5 Å². The van der Waals surface area contributed by atoms with Gasteiger partial charge in [0.2, 0.25) is 23.6 Å². The number of amides is 6. The van der Waals surface area contributed by atoms with Crippen molar-refractivity contribution in [2.24, 2.45) is 11.5 Å². The predicted molar refractivity (Wildman–Crippen MR) is 346 cm³/mol. The first-order valence-electron chi connectivity index (χ1n) is 30.2. The van der Waals surface area contributed by atoms with Gasteiger partial charge in [-0.05, 0) is 83.9 Å². The molecule has 0 aliphatic heterocycles. The van der Waals surface area contributed by atoms with E-state index in [4.69, 9.17) is 60.2 Å². The van der Waals surface area contributed by atoms with E-state index in [0.29, 0.717) is 11.4 Å². The summed E-state index contributed by atoms with van der Waals surface area (Å²) in [6.45, 7) is -4.39. The fraction of sp³-hybridized carbons (Fsp3) is 0.355. The van der Waals surface area contributed by atoms with E-state index in [1.165, 1.54) is 97.1 Å². The van der Waals surface area contributed by atoms with Crippen molar-refractivity contribution in [1.82, 2.24) is 31.1 Å². The molecule has 4 atom stereocenters. The number of guanidine groups is 2. The van der Waals surface area contributed by atoms with E-state index >= 15 is 0 Å². The number of anilines is 2. The van der Waals surface area contributed by atoms with Crippen LogP contribution in [-0.2, 0) is 89.6 Å². The summed E-state index contributed by atoms with van der Waals surface area (Å²) in [4.78, 5) is 177. The summed E-state index contributed by atoms with van der Waals surface area (Å²) in [6.07, 6.45) is -7.49. The van der Waals surface area contributed by atoms with Crippen molar-refractivity contribution in [1.29, 1.82) is 10.8 Å². The highest BCUT2D eigenvalue weighted by Gasteiger charge is 2.39. The molecule has 4 aromatic rings. The highest BCUT2D eigenvalue weighted by atomic mass is 16.6. The maximum atomic E-state index is 13.5. The highest BCUT2D eigenvalue weighted by Crippen LogP contribution is 2.21. The van der Waals surface area contributed by atoms with Crippen LogP contribution in [-0.4, -0.2) is 239 Å². The van der Waals surface area contributed by atoms with Gasteiger partial charge in [-0.15, -0.1) is 0 Å². The van der Waals surface area contributed by atoms with Crippen LogP contribution in [0.15, 0.2) is 97.1 Å². The van der Waals surface area contributed by atoms with Crippen molar-refractivity contribution < 1.29 is 136 Å². The van der Waals surface area contributed by atoms with E-state index in [0.717, 1.165) is 0 Å². The van der Waals surface area contributed by atoms with Crippen LogP contribution in [0, 0.1) is 10.8 Å². The van der Waals surface area contributed by atoms with Gasteiger partial charge in [0.15, 0.2) is 11.9 Å². The number of carbonyl (C=O) groups excluding carboxylic acids is 8. The van der Waals surface area contributed by atoms with Gasteiger partial charge >= 0.3 is 59.9 Å². The maximum Gasteiger partial charge on any atom is 0.411 e. The minimum absolute atomic E-state index is 0.0195. The number of rotatable bonds is 45. The van der Waals surface area contributed by atoms with Crippen LogP contribution < -0.4 is 52.8 Å². The molecular formula is C62H74N12O28. The summed E-state index contributed by atoms with van der Waals surface area (Å²) < 4.78 is 42.7. The number of nitrogens with two attached hydrogens (primary N) is 2. The van der Waals surface area contributed by atoms with Crippen LogP contribution in [0.3, 0.4) is 0 Å². The zero-order chi connectivity index (χ0) is 75.3. The molecule has 0 aromatic heterocycles. The second kappa shape index (κ2) is 43.0. The highest BCUT2D eigenvalue weighted by molar-refractivity contribution is 5.98. The molecule has 18 N–H and O–H groups in total. The van der Waals surface area contributed by atoms with Gasteiger partial charge in [-0.2, -0.15) is 0 Å². The largest absolute Gasteiger partial charge is 0.481 e. The third kappa shape index (κ3) is 31.3. The Kier molecular flexibility index (Phi) is 34.5. The first-order valence-corrected chi connectivity index (χ1v) is 30.2. The fourth-order valence-electron chi connectivity index (χ4n) is 8.51. The molecule has 0 saturated heterocycles. The second-order valence-electron chi connectivity index (χ2n) is 21.0. The minimum atomic E-state index is -2.15. The van der Waals surface area contributed by atoms with Crippen molar-refractivity contribution in [2.75, 3.05) is 89.7 Å². The second-order valence-corrected chi connectivity index (χ2v) is 21.0. The van der Waals surface area contributed by atoms with Crippen LogP contribution in [0.2, 0.25) is 0 Å². The van der Waals surface area contributed by atoms with E-state index in [1.54, 1.807) is 0 Å². The van der Waals surface area contributed by atoms with Crippen LogP contribution >= 0.6 is 0 Å². The third-order valence-corrected chi connectivity index (χ3v) is 13.2. The molecule has 6 amide bonds. The minimum Gasteiger partial charge on any atom is -0.481 e. The van der Waals surface area contributed by atoms with E-state index in [9.17, 15) is 97.8 Å². The van der Waals surface area contributed by atoms with Gasteiger partial charge < -0.3 is 112 Å². The number of carboxylic acid groups (broad SMARTS) is 6. The Morgan fingerprint density at radius 3 is 0.980 bits per heavy atom. The van der Waals surface area contributed by atoms with Crippen molar-refractivity contribution in [3.63, 3.8) is 0 Å². The molecule has 0 fully saturated rings. The van der Waals surface area contributed by atoms with Crippen LogP contribution in [0.5, 0.6) is 11.5 Å². The number of nitrogens with zero attached hydrogens (tertiary/aromatic N) is 2. The summed E-state index contributed by atoms with van der Waals surface area (Å²) in [7, 11) is 0. The fourth-order valence-corrected chi connectivity index (χ4v) is 8.51. The first kappa shape index (κ1) is 81.9. The molecule has 0 heterocycles. The Labute approximate surface area is 577 Å². The standard InChI is InChI=1S/C62H74N12O28/c63-59(64)69-39-9-5-37(6-10-39)57(91)101-41-13-1-35(2-14-41)33-99-61(93)73(31-51(83)84)45(29-49(79)80)55(89)71-43(27-47(75)76)53(87)67-17-19-95-21-23-97-25-26-98-24-22-96-20-18-68-54(88)44(28-48(77)78)72-56(90)46(30-50(81)82)74(32-52(85)86)62(94)100-34-36-3-15-42(16-4-36)102-58(92)38-7-11-40(12-8-38)70-60(65)66/h1-16,43-46H,17-34H2,(H,67,87)(H,68,88)(H,71,89)(H,72,90)(H,75,76)(H,77,78)(H,79,80)(H,81,82)(H,83,84)(H,85,86)(H4,63,64,69)(H4,65,66,70)/t43-,44?,45-,46?/m0/s1. The molecule has 0 bridgehead atoms. The molecule has 40 nitrogen and oxygen atoms in total. The molecule has 102 heavy (non-hydrogen) atoms. The zero-order valence-electron chi connectivity index (χ0n) is 54.0. The van der Waals surface area contributed by atoms with Gasteiger partial charge in [0.25, 0.3) is 0 Å². The first-order chi connectivity index (χ1) is 48.5. The molecule has 40 heteroatoms. The summed E-state index contributed by atoms with van der Waals surface area (Å²) in [6, 6.07) is 14.4. The monoisotopic (exact) mass is 1430 g/mol. The Bertz CT molecular complexity index is 3370. The van der Waals surface area contributed by atoms with E-state index in [-0.39, 0.29) is 121 Å². The Hall–Kier alpha value is -12.6. The maximum absolute atomic E-state index is 13.5. The lowest BCUT2D eigenvalue weighted by molar-refractivity contribution is -0.146. The van der Waals surface area contributed by atoms with Crippen LogP contribution in [0.25, 0.3) is 0 Å². The molecule has 0 spiro atoms. The van der Waals surface area contributed by atoms with E-state index in [2.05, 4.69) is 31.9 Å². The lowest BCUT2D eigenvalue weighted by atomic mass is 10.1. The van der Waals surface area contributed by atoms with Gasteiger partial charge in [-0.3, -0.25) is 68.6 Å². The SMILES string of the molecule is N=C(N)Nc1ccc(C(=O)Oc2ccc(COC(=O)N(CC(=O)O)C(CC(=O)O)C(=O)NC(CC(=O)O)C(=O)NCCOCCOCCOCCOCCNC(=O)[C@H](CC(=O)O)NC(=O)[C@H](CC(=O)O)N(CC(=O)O)C(=O)OCc3ccc(OC(=O)c4ccc(NC(=N)N)cc4)cc3)cc2)cc1. The van der Waals surface area contributed by atoms with Gasteiger partial charge in [-0.25, -0.2) is 19.2 Å². The number of carbonyl (C=O) groups is 14. The molecular weight excluding hydrogens is 1360 g/mol. The number of nitrogens with one attached hydrogen (secondary N) is 8. The van der Waals surface area contributed by atoms with E-state index in [1.807, 2.05) is 0 Å². The number of hydrogen-bond donors (Lipinski definition) is 16. The van der Waals surface area contributed by atoms with Crippen molar-refractivity contribution in [2.45, 2.75) is 63.1 Å². The predicted octanol–water partition coefficient (Wildman–Crippen LogP) is -0.613. The van der Waals surface area contributed by atoms with Crippen molar-refractivity contribution in [3.8, 4) is 11.5 Å². The normalized spacial score (nSPS) is 11.8. The molecule has 550 valence electrons. The summed E-state index contributed by atoms with van der Waals surface area (Å²) >= 11 is 0. The van der Waals surface area contributed by atoms with Crippen molar-refractivity contribution >= 4 is 107 Å². The van der Waals surface area contributed by atoms with Gasteiger partial charge in [0.05, 0.1) is 89.7 Å². The van der Waals surface area contributed by atoms with E-state index < -0.39 is 160 Å². The average Bonchev–Trinajstić information content (AvgIpc) is 0.847. The summed E-state index contributed by atoms with van der Waals surface area (Å²) in [5.41, 5.74) is 12.3. The van der Waals surface area contributed by atoms with Gasteiger partial charge in [0.1, 0.15) is 62.0 Å². The number of carboxylic acids is 6. The lowest BCUT2D eigenvalue weighted by Gasteiger charge is -2.29. The molecule has 4 rings (SSSR count). The van der Waals surface area contributed by atoms with Crippen LogP contribution in [0.4, 0.5) is 21.0 Å².